The molecule has 102 valence electrons. The number of nitrogens with zero attached hydrogens (tertiary/aromatic N) is 2. The summed E-state index contributed by atoms with van der Waals surface area (Å²) in [5, 5.41) is 7.32. The van der Waals surface area contributed by atoms with Crippen LogP contribution in [0.3, 0.4) is 0 Å². The Kier molecular flexibility index (Phi) is 3.95. The average molecular weight is 265 g/mol. The number of hydrogen-bond acceptors (Lipinski definition) is 2. The van der Waals surface area contributed by atoms with Crippen molar-refractivity contribution in [2.24, 2.45) is 7.05 Å². The zero-order valence-electron chi connectivity index (χ0n) is 11.2. The summed E-state index contributed by atoms with van der Waals surface area (Å²) < 4.78 is 29.8. The van der Waals surface area contributed by atoms with Crippen molar-refractivity contribution in [2.75, 3.05) is 6.54 Å². The minimum atomic E-state index is -0.578. The molecule has 2 aromatic rings. The van der Waals surface area contributed by atoms with Gasteiger partial charge in [0.25, 0.3) is 0 Å². The standard InChI is InChI=1S/C14H17F2N3/c1-4-17-14(11-7-8-19(3)18-11)12-10(15)6-5-9(2)13(12)16/h5-8,14,17H,4H2,1-3H3. The van der Waals surface area contributed by atoms with E-state index in [1.165, 1.54) is 12.1 Å². The zero-order valence-corrected chi connectivity index (χ0v) is 11.2. The fourth-order valence-electron chi connectivity index (χ4n) is 2.09. The number of aryl methyl sites for hydroxylation is 2. The molecule has 19 heavy (non-hydrogen) atoms. The smallest absolute Gasteiger partial charge is 0.134 e. The van der Waals surface area contributed by atoms with Crippen molar-refractivity contribution in [3.8, 4) is 0 Å². The third kappa shape index (κ3) is 2.66. The maximum Gasteiger partial charge on any atom is 0.134 e. The maximum atomic E-state index is 14.2. The third-order valence-electron chi connectivity index (χ3n) is 3.05. The molecule has 1 heterocycles. The molecule has 0 spiro atoms. The van der Waals surface area contributed by atoms with Gasteiger partial charge in [0.05, 0.1) is 11.7 Å². The summed E-state index contributed by atoms with van der Waals surface area (Å²) in [5.74, 6) is -1.07. The largest absolute Gasteiger partial charge is 0.305 e. The van der Waals surface area contributed by atoms with Gasteiger partial charge in [-0.15, -0.1) is 0 Å². The average Bonchev–Trinajstić information content (AvgIpc) is 2.80. The number of aromatic nitrogens is 2. The monoisotopic (exact) mass is 265 g/mol. The molecule has 1 N–H and O–H groups in total. The number of halogens is 2. The SMILES string of the molecule is CCNC(c1ccn(C)n1)c1c(F)ccc(C)c1F. The van der Waals surface area contributed by atoms with Crippen LogP contribution in [0.2, 0.25) is 0 Å². The van der Waals surface area contributed by atoms with Gasteiger partial charge in [0.2, 0.25) is 0 Å². The van der Waals surface area contributed by atoms with Crippen LogP contribution >= 0.6 is 0 Å². The molecule has 1 aromatic carbocycles. The van der Waals surface area contributed by atoms with Gasteiger partial charge in [-0.25, -0.2) is 8.78 Å². The molecule has 0 aliphatic heterocycles. The van der Waals surface area contributed by atoms with Crippen LogP contribution in [0.1, 0.15) is 29.8 Å². The Labute approximate surface area is 111 Å². The first kappa shape index (κ1) is 13.7. The van der Waals surface area contributed by atoms with Gasteiger partial charge in [0.1, 0.15) is 11.6 Å². The minimum absolute atomic E-state index is 0.0283. The quantitative estimate of drug-likeness (QED) is 0.921. The van der Waals surface area contributed by atoms with E-state index in [2.05, 4.69) is 10.4 Å². The summed E-state index contributed by atoms with van der Waals surface area (Å²) in [6.07, 6.45) is 1.76. The van der Waals surface area contributed by atoms with Crippen LogP contribution in [0, 0.1) is 18.6 Å². The maximum absolute atomic E-state index is 14.2. The zero-order chi connectivity index (χ0) is 14.0. The van der Waals surface area contributed by atoms with Crippen LogP contribution < -0.4 is 5.32 Å². The highest BCUT2D eigenvalue weighted by Crippen LogP contribution is 2.27. The molecule has 0 saturated carbocycles. The summed E-state index contributed by atoms with van der Waals surface area (Å²) in [4.78, 5) is 0. The van der Waals surface area contributed by atoms with Crippen molar-refractivity contribution in [1.29, 1.82) is 0 Å². The van der Waals surface area contributed by atoms with E-state index in [1.807, 2.05) is 6.92 Å². The first-order valence-corrected chi connectivity index (χ1v) is 6.22. The first-order valence-electron chi connectivity index (χ1n) is 6.22. The van der Waals surface area contributed by atoms with Crippen LogP contribution in [0.25, 0.3) is 0 Å². The third-order valence-corrected chi connectivity index (χ3v) is 3.05. The second-order valence-electron chi connectivity index (χ2n) is 4.50. The van der Waals surface area contributed by atoms with Gasteiger partial charge in [-0.05, 0) is 31.2 Å². The molecule has 0 amide bonds. The van der Waals surface area contributed by atoms with E-state index in [4.69, 9.17) is 0 Å². The number of rotatable bonds is 4. The van der Waals surface area contributed by atoms with Crippen LogP contribution in [0.4, 0.5) is 8.78 Å². The Hall–Kier alpha value is -1.75. The molecule has 2 rings (SSSR count). The van der Waals surface area contributed by atoms with Crippen molar-refractivity contribution >= 4 is 0 Å². The number of benzene rings is 1. The van der Waals surface area contributed by atoms with E-state index in [-0.39, 0.29) is 5.56 Å². The predicted octanol–water partition coefficient (Wildman–Crippen LogP) is 2.71. The van der Waals surface area contributed by atoms with Gasteiger partial charge in [0, 0.05) is 18.8 Å². The molecule has 0 saturated heterocycles. The summed E-state index contributed by atoms with van der Waals surface area (Å²) >= 11 is 0. The molecule has 0 fully saturated rings. The molecule has 5 heteroatoms. The first-order chi connectivity index (χ1) is 9.04. The molecular formula is C14H17F2N3. The van der Waals surface area contributed by atoms with E-state index < -0.39 is 17.7 Å². The van der Waals surface area contributed by atoms with Crippen LogP contribution in [-0.4, -0.2) is 16.3 Å². The second-order valence-corrected chi connectivity index (χ2v) is 4.50. The summed E-state index contributed by atoms with van der Waals surface area (Å²) in [7, 11) is 1.77. The Bertz CT molecular complexity index is 578. The van der Waals surface area contributed by atoms with E-state index in [0.717, 1.165) is 0 Å². The number of hydrogen-bond donors (Lipinski definition) is 1. The Morgan fingerprint density at radius 1 is 1.32 bits per heavy atom. The molecule has 3 nitrogen and oxygen atoms in total. The van der Waals surface area contributed by atoms with E-state index in [1.54, 1.807) is 30.9 Å². The van der Waals surface area contributed by atoms with E-state index in [9.17, 15) is 8.78 Å². The predicted molar refractivity (Wildman–Crippen MR) is 69.8 cm³/mol. The van der Waals surface area contributed by atoms with Gasteiger partial charge >= 0.3 is 0 Å². The lowest BCUT2D eigenvalue weighted by Crippen LogP contribution is -2.25. The molecule has 0 aliphatic rings. The Morgan fingerprint density at radius 2 is 2.05 bits per heavy atom. The second kappa shape index (κ2) is 5.48. The lowest BCUT2D eigenvalue weighted by molar-refractivity contribution is 0.498. The fourth-order valence-corrected chi connectivity index (χ4v) is 2.09. The topological polar surface area (TPSA) is 29.9 Å². The van der Waals surface area contributed by atoms with Gasteiger partial charge < -0.3 is 5.32 Å². The van der Waals surface area contributed by atoms with Crippen LogP contribution in [0.15, 0.2) is 24.4 Å². The summed E-state index contributed by atoms with van der Waals surface area (Å²) in [5.41, 5.74) is 1.06. The molecule has 0 aliphatic carbocycles. The molecule has 1 atom stereocenters. The highest BCUT2D eigenvalue weighted by molar-refractivity contribution is 5.33. The minimum Gasteiger partial charge on any atom is -0.305 e. The van der Waals surface area contributed by atoms with Crippen molar-refractivity contribution < 1.29 is 8.78 Å². The number of nitrogens with one attached hydrogen (secondary N) is 1. The molecule has 1 aromatic heterocycles. The van der Waals surface area contributed by atoms with Crippen molar-refractivity contribution in [3.05, 3.63) is 52.9 Å². The summed E-state index contributed by atoms with van der Waals surface area (Å²) in [6, 6.07) is 3.91. The molecular weight excluding hydrogens is 248 g/mol. The lowest BCUT2D eigenvalue weighted by atomic mass is 10.00. The van der Waals surface area contributed by atoms with Gasteiger partial charge in [-0.1, -0.05) is 13.0 Å². The lowest BCUT2D eigenvalue weighted by Gasteiger charge is -2.18. The van der Waals surface area contributed by atoms with E-state index >= 15 is 0 Å². The highest BCUT2D eigenvalue weighted by Gasteiger charge is 2.24. The van der Waals surface area contributed by atoms with Gasteiger partial charge in [0.15, 0.2) is 0 Å². The van der Waals surface area contributed by atoms with Crippen molar-refractivity contribution in [3.63, 3.8) is 0 Å². The summed E-state index contributed by atoms with van der Waals surface area (Å²) in [6.45, 7) is 4.11. The van der Waals surface area contributed by atoms with Crippen molar-refractivity contribution in [1.82, 2.24) is 15.1 Å². The van der Waals surface area contributed by atoms with Crippen LogP contribution in [0.5, 0.6) is 0 Å². The van der Waals surface area contributed by atoms with Crippen LogP contribution in [-0.2, 0) is 7.05 Å². The fraction of sp³-hybridized carbons (Fsp3) is 0.357. The highest BCUT2D eigenvalue weighted by atomic mass is 19.1. The van der Waals surface area contributed by atoms with Gasteiger partial charge in [-0.2, -0.15) is 5.10 Å². The van der Waals surface area contributed by atoms with Gasteiger partial charge in [-0.3, -0.25) is 4.68 Å². The Morgan fingerprint density at radius 3 is 2.63 bits per heavy atom. The molecule has 1 unspecified atom stereocenters. The van der Waals surface area contributed by atoms with E-state index in [0.29, 0.717) is 17.8 Å². The molecule has 0 bridgehead atoms. The normalized spacial score (nSPS) is 12.7. The van der Waals surface area contributed by atoms with Crippen molar-refractivity contribution in [2.45, 2.75) is 19.9 Å². The Balaban J connectivity index is 2.53. The molecule has 0 radical (unpaired) electrons.